The quantitative estimate of drug-likeness (QED) is 0.583. The molecule has 0 saturated heterocycles. The number of amides is 1. The smallest absolute Gasteiger partial charge is 0.271 e. The molecule has 4 heteroatoms. The minimum atomic E-state index is -0.0991. The number of hydrazine groups is 1. The fraction of sp³-hybridized carbons (Fsp3) is 0.364. The van der Waals surface area contributed by atoms with E-state index in [1.807, 2.05) is 24.3 Å². The molecule has 1 aromatic carbocycles. The number of fused-ring (bicyclic) bond motifs is 1. The summed E-state index contributed by atoms with van der Waals surface area (Å²) >= 11 is 0. The highest BCUT2D eigenvalue weighted by atomic mass is 16.2. The van der Waals surface area contributed by atoms with Crippen LogP contribution in [0.1, 0.15) is 23.7 Å². The van der Waals surface area contributed by atoms with Crippen LogP contribution in [0.3, 0.4) is 0 Å². The number of rotatable bonds is 2. The number of anilines is 1. The molecule has 1 aromatic rings. The zero-order valence-electron chi connectivity index (χ0n) is 8.81. The Hall–Kier alpha value is -1.55. The van der Waals surface area contributed by atoms with Crippen molar-refractivity contribution in [3.8, 4) is 0 Å². The predicted molar refractivity (Wildman–Crippen MR) is 59.3 cm³/mol. The first-order valence-electron chi connectivity index (χ1n) is 5.14. The van der Waals surface area contributed by atoms with Gasteiger partial charge in [-0.05, 0) is 18.6 Å². The molecule has 1 amide bonds. The van der Waals surface area contributed by atoms with Gasteiger partial charge in [0.25, 0.3) is 5.91 Å². The van der Waals surface area contributed by atoms with E-state index in [2.05, 4.69) is 11.8 Å². The van der Waals surface area contributed by atoms with Crippen molar-refractivity contribution in [3.63, 3.8) is 0 Å². The van der Waals surface area contributed by atoms with Crippen LogP contribution in [0, 0.1) is 0 Å². The largest absolute Gasteiger partial charge is 0.352 e. The van der Waals surface area contributed by atoms with Crippen LogP contribution in [0.25, 0.3) is 0 Å². The maximum atomic E-state index is 11.7. The van der Waals surface area contributed by atoms with Gasteiger partial charge in [-0.25, -0.2) is 5.84 Å². The molecule has 0 aromatic heterocycles. The molecular weight excluding hydrogens is 190 g/mol. The van der Waals surface area contributed by atoms with E-state index in [9.17, 15) is 4.79 Å². The molecule has 4 nitrogen and oxygen atoms in total. The maximum absolute atomic E-state index is 11.7. The highest BCUT2D eigenvalue weighted by Gasteiger charge is 2.26. The number of para-hydroxylation sites is 1. The highest BCUT2D eigenvalue weighted by Crippen LogP contribution is 2.25. The molecule has 1 aliphatic rings. The summed E-state index contributed by atoms with van der Waals surface area (Å²) in [6.07, 6.45) is 1.04. The van der Waals surface area contributed by atoms with Crippen molar-refractivity contribution in [3.05, 3.63) is 29.8 Å². The van der Waals surface area contributed by atoms with Crippen LogP contribution in [0.4, 0.5) is 5.69 Å². The summed E-state index contributed by atoms with van der Waals surface area (Å²) in [5, 5.41) is 1.26. The Labute approximate surface area is 89.2 Å². The van der Waals surface area contributed by atoms with Crippen molar-refractivity contribution in [1.82, 2.24) is 5.01 Å². The Morgan fingerprint density at radius 2 is 2.13 bits per heavy atom. The Morgan fingerprint density at radius 1 is 1.40 bits per heavy atom. The number of carbonyl (C=O) groups excluding carboxylic acids is 1. The maximum Gasteiger partial charge on any atom is 0.271 e. The van der Waals surface area contributed by atoms with Gasteiger partial charge in [-0.1, -0.05) is 19.1 Å². The summed E-state index contributed by atoms with van der Waals surface area (Å²) in [7, 11) is 0. The molecule has 0 unspecified atom stereocenters. The van der Waals surface area contributed by atoms with Crippen molar-refractivity contribution in [2.45, 2.75) is 13.3 Å². The molecule has 0 fully saturated rings. The monoisotopic (exact) mass is 205 g/mol. The molecule has 1 heterocycles. The normalized spacial score (nSPS) is 15.5. The van der Waals surface area contributed by atoms with Crippen molar-refractivity contribution in [1.29, 1.82) is 0 Å². The Balaban J connectivity index is 2.40. The molecule has 0 bridgehead atoms. The third-order valence-electron chi connectivity index (χ3n) is 2.55. The van der Waals surface area contributed by atoms with E-state index in [1.165, 1.54) is 5.01 Å². The van der Waals surface area contributed by atoms with Crippen LogP contribution >= 0.6 is 0 Å². The van der Waals surface area contributed by atoms with Crippen LogP contribution in [0.2, 0.25) is 0 Å². The van der Waals surface area contributed by atoms with Crippen LogP contribution in [0.5, 0.6) is 0 Å². The minimum absolute atomic E-state index is 0.0991. The number of hydrogen-bond donors (Lipinski definition) is 1. The SMILES string of the molecule is CCCN1CN(N)C(=O)c2ccccc21. The molecule has 1 aliphatic heterocycles. The van der Waals surface area contributed by atoms with Gasteiger partial charge in [-0.3, -0.25) is 9.80 Å². The van der Waals surface area contributed by atoms with Gasteiger partial charge >= 0.3 is 0 Å². The first kappa shape index (κ1) is 9.98. The van der Waals surface area contributed by atoms with E-state index in [4.69, 9.17) is 5.84 Å². The summed E-state index contributed by atoms with van der Waals surface area (Å²) in [6, 6.07) is 7.59. The van der Waals surface area contributed by atoms with Gasteiger partial charge in [0.15, 0.2) is 0 Å². The van der Waals surface area contributed by atoms with Gasteiger partial charge in [-0.15, -0.1) is 0 Å². The predicted octanol–water partition coefficient (Wildman–Crippen LogP) is 1.19. The van der Waals surface area contributed by atoms with Crippen LogP contribution in [-0.2, 0) is 0 Å². The topological polar surface area (TPSA) is 49.6 Å². The average Bonchev–Trinajstić information content (AvgIpc) is 2.26. The van der Waals surface area contributed by atoms with Crippen LogP contribution in [0.15, 0.2) is 24.3 Å². The fourth-order valence-corrected chi connectivity index (χ4v) is 1.87. The number of hydrogen-bond acceptors (Lipinski definition) is 3. The molecule has 2 N–H and O–H groups in total. The van der Waals surface area contributed by atoms with E-state index in [0.717, 1.165) is 18.7 Å². The molecule has 80 valence electrons. The zero-order valence-corrected chi connectivity index (χ0v) is 8.81. The standard InChI is InChI=1S/C11H15N3O/c1-2-7-13-8-14(12)11(15)9-5-3-4-6-10(9)13/h3-6H,2,7-8,12H2,1H3. The molecule has 0 atom stereocenters. The van der Waals surface area contributed by atoms with E-state index in [-0.39, 0.29) is 5.91 Å². The van der Waals surface area contributed by atoms with E-state index < -0.39 is 0 Å². The Bertz CT molecular complexity index is 378. The number of nitrogens with zero attached hydrogens (tertiary/aromatic N) is 2. The van der Waals surface area contributed by atoms with Gasteiger partial charge < -0.3 is 4.90 Å². The van der Waals surface area contributed by atoms with Crippen molar-refractivity contribution in [2.24, 2.45) is 5.84 Å². The second-order valence-corrected chi connectivity index (χ2v) is 3.70. The molecular formula is C11H15N3O. The van der Waals surface area contributed by atoms with Gasteiger partial charge in [0.05, 0.1) is 11.3 Å². The molecule has 15 heavy (non-hydrogen) atoms. The van der Waals surface area contributed by atoms with Gasteiger partial charge in [0.1, 0.15) is 6.67 Å². The Morgan fingerprint density at radius 3 is 2.87 bits per heavy atom. The third-order valence-corrected chi connectivity index (χ3v) is 2.55. The summed E-state index contributed by atoms with van der Waals surface area (Å²) in [5.41, 5.74) is 1.69. The minimum Gasteiger partial charge on any atom is -0.352 e. The van der Waals surface area contributed by atoms with E-state index >= 15 is 0 Å². The van der Waals surface area contributed by atoms with Gasteiger partial charge in [0, 0.05) is 6.54 Å². The molecule has 2 rings (SSSR count). The summed E-state index contributed by atoms with van der Waals surface area (Å²) in [6.45, 7) is 3.50. The van der Waals surface area contributed by atoms with Gasteiger partial charge in [-0.2, -0.15) is 0 Å². The lowest BCUT2D eigenvalue weighted by Crippen LogP contribution is -2.50. The molecule has 0 radical (unpaired) electrons. The molecule has 0 saturated carbocycles. The van der Waals surface area contributed by atoms with Gasteiger partial charge in [0.2, 0.25) is 0 Å². The lowest BCUT2D eigenvalue weighted by Gasteiger charge is -2.35. The number of carbonyl (C=O) groups is 1. The second kappa shape index (κ2) is 3.90. The number of nitrogens with two attached hydrogens (primary N) is 1. The third kappa shape index (κ3) is 1.68. The first-order valence-corrected chi connectivity index (χ1v) is 5.14. The van der Waals surface area contributed by atoms with E-state index in [1.54, 1.807) is 0 Å². The van der Waals surface area contributed by atoms with Crippen molar-refractivity contribution >= 4 is 11.6 Å². The number of benzene rings is 1. The lowest BCUT2D eigenvalue weighted by molar-refractivity contribution is 0.0741. The van der Waals surface area contributed by atoms with E-state index in [0.29, 0.717) is 12.2 Å². The second-order valence-electron chi connectivity index (χ2n) is 3.70. The highest BCUT2D eigenvalue weighted by molar-refractivity contribution is 6.01. The van der Waals surface area contributed by atoms with Crippen LogP contribution in [-0.4, -0.2) is 24.1 Å². The fourth-order valence-electron chi connectivity index (χ4n) is 1.87. The van der Waals surface area contributed by atoms with Crippen molar-refractivity contribution in [2.75, 3.05) is 18.1 Å². The Kier molecular flexibility index (Phi) is 2.60. The average molecular weight is 205 g/mol. The summed E-state index contributed by atoms with van der Waals surface area (Å²) < 4.78 is 0. The molecule has 0 spiro atoms. The first-order chi connectivity index (χ1) is 7.24. The molecule has 0 aliphatic carbocycles. The lowest BCUT2D eigenvalue weighted by atomic mass is 10.1. The zero-order chi connectivity index (χ0) is 10.8. The van der Waals surface area contributed by atoms with Crippen molar-refractivity contribution < 1.29 is 4.79 Å². The van der Waals surface area contributed by atoms with Crippen LogP contribution < -0.4 is 10.7 Å². The summed E-state index contributed by atoms with van der Waals surface area (Å²) in [4.78, 5) is 13.9. The summed E-state index contributed by atoms with van der Waals surface area (Å²) in [5.74, 6) is 5.56.